The van der Waals surface area contributed by atoms with Gasteiger partial charge >= 0.3 is 0 Å². The molecule has 1 aliphatic rings. The molecule has 117 valence electrons. The number of aliphatic hydroxyl groups is 1. The highest BCUT2D eigenvalue weighted by Crippen LogP contribution is 2.45. The molecule has 0 bridgehead atoms. The number of ether oxygens (including phenoxy) is 2. The summed E-state index contributed by atoms with van der Waals surface area (Å²) in [6.07, 6.45) is 2.79. The van der Waals surface area contributed by atoms with E-state index in [0.29, 0.717) is 29.9 Å². The van der Waals surface area contributed by atoms with Gasteiger partial charge in [-0.15, -0.1) is 0 Å². The number of hydrogen-bond donors (Lipinski definition) is 2. The molecule has 0 fully saturated rings. The van der Waals surface area contributed by atoms with Gasteiger partial charge in [-0.2, -0.15) is 0 Å². The van der Waals surface area contributed by atoms with E-state index >= 15 is 0 Å². The molecule has 2 rings (SSSR count). The zero-order valence-corrected chi connectivity index (χ0v) is 13.5. The Kier molecular flexibility index (Phi) is 4.11. The Hall–Kier alpha value is -1.42. The summed E-state index contributed by atoms with van der Waals surface area (Å²) >= 11 is 0. The lowest BCUT2D eigenvalue weighted by Crippen LogP contribution is -2.33. The molecule has 21 heavy (non-hydrogen) atoms. The Morgan fingerprint density at radius 1 is 1.38 bits per heavy atom. The summed E-state index contributed by atoms with van der Waals surface area (Å²) in [4.78, 5) is 0. The first-order valence-electron chi connectivity index (χ1n) is 7.38. The number of phenols is 1. The van der Waals surface area contributed by atoms with Crippen LogP contribution in [0.3, 0.4) is 0 Å². The predicted molar refractivity (Wildman–Crippen MR) is 81.1 cm³/mol. The standard InChI is InChI=1S/C17H25O4/c1-16(2,19)8-6-11-13(18)10-14(20-5)12-7-9-17(3,4)21-15(11)12/h18-19H,6-9H2,1-5H3. The maximum absolute atomic E-state index is 10.2. The van der Waals surface area contributed by atoms with Crippen molar-refractivity contribution >= 4 is 0 Å². The van der Waals surface area contributed by atoms with Crippen molar-refractivity contribution < 1.29 is 19.7 Å². The molecule has 1 aromatic carbocycles. The van der Waals surface area contributed by atoms with Gasteiger partial charge in [0.2, 0.25) is 0 Å². The van der Waals surface area contributed by atoms with Gasteiger partial charge in [-0.25, -0.2) is 0 Å². The molecule has 1 aliphatic heterocycles. The monoisotopic (exact) mass is 293 g/mol. The molecule has 0 aliphatic carbocycles. The van der Waals surface area contributed by atoms with Crippen LogP contribution in [0.1, 0.15) is 51.7 Å². The SMILES string of the molecule is COc1[c]c(O)c(CCC(C)(C)O)c2c1CCC(C)(C)O2. The molecule has 0 saturated heterocycles. The van der Waals surface area contributed by atoms with E-state index in [1.165, 1.54) is 0 Å². The largest absolute Gasteiger partial charge is 0.507 e. The van der Waals surface area contributed by atoms with Crippen LogP contribution in [0.2, 0.25) is 0 Å². The molecule has 1 heterocycles. The van der Waals surface area contributed by atoms with Crippen LogP contribution in [0.4, 0.5) is 0 Å². The Morgan fingerprint density at radius 2 is 2.05 bits per heavy atom. The van der Waals surface area contributed by atoms with Crippen LogP contribution in [0, 0.1) is 6.07 Å². The van der Waals surface area contributed by atoms with Crippen molar-refractivity contribution in [2.75, 3.05) is 7.11 Å². The lowest BCUT2D eigenvalue weighted by atomic mass is 9.89. The number of fused-ring (bicyclic) bond motifs is 1. The molecule has 0 amide bonds. The quantitative estimate of drug-likeness (QED) is 0.896. The molecular weight excluding hydrogens is 268 g/mol. The number of benzene rings is 1. The van der Waals surface area contributed by atoms with Gasteiger partial charge in [0, 0.05) is 11.1 Å². The average molecular weight is 293 g/mol. The number of rotatable bonds is 4. The van der Waals surface area contributed by atoms with Crippen LogP contribution in [0.15, 0.2) is 0 Å². The van der Waals surface area contributed by atoms with Gasteiger partial charge in [-0.3, -0.25) is 0 Å². The van der Waals surface area contributed by atoms with Gasteiger partial charge in [0.1, 0.15) is 22.8 Å². The van der Waals surface area contributed by atoms with Gasteiger partial charge in [0.25, 0.3) is 0 Å². The van der Waals surface area contributed by atoms with Crippen LogP contribution >= 0.6 is 0 Å². The average Bonchev–Trinajstić information content (AvgIpc) is 2.34. The van der Waals surface area contributed by atoms with Gasteiger partial charge in [-0.05, 0) is 53.4 Å². The van der Waals surface area contributed by atoms with Crippen LogP contribution < -0.4 is 9.47 Å². The first-order valence-corrected chi connectivity index (χ1v) is 7.38. The number of hydrogen-bond acceptors (Lipinski definition) is 4. The van der Waals surface area contributed by atoms with E-state index < -0.39 is 5.60 Å². The summed E-state index contributed by atoms with van der Waals surface area (Å²) in [6, 6.07) is 2.89. The Labute approximate surface area is 126 Å². The van der Waals surface area contributed by atoms with E-state index in [0.717, 1.165) is 18.4 Å². The van der Waals surface area contributed by atoms with Gasteiger partial charge in [-0.1, -0.05) is 0 Å². The fourth-order valence-corrected chi connectivity index (χ4v) is 2.59. The Morgan fingerprint density at radius 3 is 2.62 bits per heavy atom. The topological polar surface area (TPSA) is 58.9 Å². The third kappa shape index (κ3) is 3.62. The molecule has 4 nitrogen and oxygen atoms in total. The maximum atomic E-state index is 10.2. The smallest absolute Gasteiger partial charge is 0.137 e. The summed E-state index contributed by atoms with van der Waals surface area (Å²) in [6.45, 7) is 7.59. The summed E-state index contributed by atoms with van der Waals surface area (Å²) in [7, 11) is 1.57. The summed E-state index contributed by atoms with van der Waals surface area (Å²) in [5, 5.41) is 20.2. The summed E-state index contributed by atoms with van der Waals surface area (Å²) in [5.41, 5.74) is 0.611. The molecule has 0 aromatic heterocycles. The third-order valence-electron chi connectivity index (χ3n) is 3.89. The second-order valence-electron chi connectivity index (χ2n) is 6.97. The van der Waals surface area contributed by atoms with Crippen LogP contribution in [-0.4, -0.2) is 28.5 Å². The third-order valence-corrected chi connectivity index (χ3v) is 3.89. The zero-order valence-electron chi connectivity index (χ0n) is 13.5. The Balaban J connectivity index is 2.45. The van der Waals surface area contributed by atoms with E-state index in [9.17, 15) is 10.2 Å². The van der Waals surface area contributed by atoms with Crippen molar-refractivity contribution in [1.29, 1.82) is 0 Å². The number of phenolic OH excluding ortho intramolecular Hbond substituents is 1. The lowest BCUT2D eigenvalue weighted by Gasteiger charge is -2.35. The molecule has 1 aromatic rings. The maximum Gasteiger partial charge on any atom is 0.137 e. The van der Waals surface area contributed by atoms with Gasteiger partial charge in [0.05, 0.1) is 18.8 Å². The minimum absolute atomic E-state index is 0.0487. The minimum atomic E-state index is -0.788. The number of methoxy groups -OCH3 is 1. The van der Waals surface area contributed by atoms with E-state index in [-0.39, 0.29) is 11.4 Å². The molecule has 0 spiro atoms. The molecule has 0 saturated carbocycles. The first-order chi connectivity index (χ1) is 9.63. The first kappa shape index (κ1) is 16.0. The van der Waals surface area contributed by atoms with Crippen molar-refractivity contribution in [3.05, 3.63) is 17.2 Å². The van der Waals surface area contributed by atoms with Crippen LogP contribution in [0.25, 0.3) is 0 Å². The van der Waals surface area contributed by atoms with Crippen molar-refractivity contribution in [2.24, 2.45) is 0 Å². The molecule has 4 heteroatoms. The van der Waals surface area contributed by atoms with Crippen LogP contribution in [0.5, 0.6) is 17.2 Å². The molecule has 2 N–H and O–H groups in total. The minimum Gasteiger partial charge on any atom is -0.507 e. The lowest BCUT2D eigenvalue weighted by molar-refractivity contribution is 0.0679. The normalized spacial score (nSPS) is 17.0. The van der Waals surface area contributed by atoms with E-state index in [2.05, 4.69) is 6.07 Å². The van der Waals surface area contributed by atoms with E-state index in [1.54, 1.807) is 21.0 Å². The van der Waals surface area contributed by atoms with Gasteiger partial charge in [0.15, 0.2) is 0 Å². The fourth-order valence-electron chi connectivity index (χ4n) is 2.59. The highest BCUT2D eigenvalue weighted by Gasteiger charge is 2.32. The molecule has 0 atom stereocenters. The van der Waals surface area contributed by atoms with Crippen molar-refractivity contribution in [3.63, 3.8) is 0 Å². The zero-order chi connectivity index (χ0) is 15.8. The van der Waals surface area contributed by atoms with E-state index in [4.69, 9.17) is 9.47 Å². The summed E-state index contributed by atoms with van der Waals surface area (Å²) in [5.74, 6) is 1.29. The van der Waals surface area contributed by atoms with Crippen molar-refractivity contribution in [2.45, 2.75) is 64.6 Å². The van der Waals surface area contributed by atoms with Gasteiger partial charge < -0.3 is 19.7 Å². The van der Waals surface area contributed by atoms with Crippen molar-refractivity contribution in [3.8, 4) is 17.2 Å². The van der Waals surface area contributed by atoms with Crippen LogP contribution in [-0.2, 0) is 12.8 Å². The van der Waals surface area contributed by atoms with E-state index in [1.807, 2.05) is 13.8 Å². The fraction of sp³-hybridized carbons (Fsp3) is 0.647. The highest BCUT2D eigenvalue weighted by molar-refractivity contribution is 5.57. The molecule has 0 unspecified atom stereocenters. The highest BCUT2D eigenvalue weighted by atomic mass is 16.5. The number of aromatic hydroxyl groups is 1. The molecular formula is C17H25O4. The predicted octanol–water partition coefficient (Wildman–Crippen LogP) is 3.01. The second-order valence-corrected chi connectivity index (χ2v) is 6.97. The molecule has 1 radical (unpaired) electrons. The second kappa shape index (κ2) is 5.41. The Bertz CT molecular complexity index is 527. The summed E-state index contributed by atoms with van der Waals surface area (Å²) < 4.78 is 11.4. The van der Waals surface area contributed by atoms with Crippen molar-refractivity contribution in [1.82, 2.24) is 0 Å².